The van der Waals surface area contributed by atoms with Crippen LogP contribution in [0.25, 0.3) is 0 Å². The predicted octanol–water partition coefficient (Wildman–Crippen LogP) is 2.08. The molecule has 6 heteroatoms. The molecule has 1 amide bonds. The van der Waals surface area contributed by atoms with Crippen molar-refractivity contribution in [2.75, 3.05) is 19.7 Å². The van der Waals surface area contributed by atoms with Crippen LogP contribution in [-0.4, -0.2) is 43.4 Å². The minimum absolute atomic E-state index is 0.247. The zero-order valence-corrected chi connectivity index (χ0v) is 14.1. The van der Waals surface area contributed by atoms with Crippen LogP contribution in [0.2, 0.25) is 0 Å². The molecule has 2 N–H and O–H groups in total. The Bertz CT molecular complexity index is 324. The first kappa shape index (κ1) is 19.7. The molecular formula is C15H30N2O4. The van der Waals surface area contributed by atoms with Crippen molar-refractivity contribution in [3.63, 3.8) is 0 Å². The molecular weight excluding hydrogens is 272 g/mol. The first-order chi connectivity index (χ1) is 9.65. The van der Waals surface area contributed by atoms with Gasteiger partial charge in [-0.25, -0.2) is 4.79 Å². The quantitative estimate of drug-likeness (QED) is 0.530. The smallest absolute Gasteiger partial charge is 0.407 e. The SMILES string of the molecule is CCOC(=O)[C@H](CC(C)C)NCCNC(=O)OC(C)(C)C. The molecule has 0 saturated heterocycles. The fraction of sp³-hybridized carbons (Fsp3) is 0.867. The number of esters is 1. The van der Waals surface area contributed by atoms with Gasteiger partial charge < -0.3 is 20.1 Å². The molecule has 0 aliphatic carbocycles. The zero-order valence-electron chi connectivity index (χ0n) is 14.1. The molecule has 0 spiro atoms. The molecule has 0 aliphatic heterocycles. The van der Waals surface area contributed by atoms with Gasteiger partial charge in [0, 0.05) is 13.1 Å². The van der Waals surface area contributed by atoms with Gasteiger partial charge in [0.2, 0.25) is 0 Å². The second kappa shape index (κ2) is 9.60. The normalized spacial score (nSPS) is 12.9. The van der Waals surface area contributed by atoms with Gasteiger partial charge in [0.05, 0.1) is 6.61 Å². The number of hydrogen-bond acceptors (Lipinski definition) is 5. The van der Waals surface area contributed by atoms with E-state index >= 15 is 0 Å². The summed E-state index contributed by atoms with van der Waals surface area (Å²) in [5, 5.41) is 5.75. The van der Waals surface area contributed by atoms with E-state index in [1.807, 2.05) is 34.6 Å². The highest BCUT2D eigenvalue weighted by Gasteiger charge is 2.20. The molecule has 0 radical (unpaired) electrons. The Morgan fingerprint density at radius 3 is 2.24 bits per heavy atom. The molecule has 0 aromatic rings. The Balaban J connectivity index is 4.08. The average molecular weight is 302 g/mol. The summed E-state index contributed by atoms with van der Waals surface area (Å²) in [6, 6.07) is -0.342. The standard InChI is InChI=1S/C15H30N2O4/c1-7-20-13(18)12(10-11(2)3)16-8-9-17-14(19)21-15(4,5)6/h11-12,16H,7-10H2,1-6H3,(H,17,19)/t12-/m0/s1. The topological polar surface area (TPSA) is 76.7 Å². The van der Waals surface area contributed by atoms with Crippen LogP contribution in [0.4, 0.5) is 4.79 Å². The van der Waals surface area contributed by atoms with Gasteiger partial charge >= 0.3 is 12.1 Å². The van der Waals surface area contributed by atoms with Gasteiger partial charge in [0.15, 0.2) is 0 Å². The van der Waals surface area contributed by atoms with Crippen molar-refractivity contribution in [3.05, 3.63) is 0 Å². The van der Waals surface area contributed by atoms with Crippen LogP contribution >= 0.6 is 0 Å². The monoisotopic (exact) mass is 302 g/mol. The Hall–Kier alpha value is -1.30. The van der Waals surface area contributed by atoms with E-state index in [2.05, 4.69) is 10.6 Å². The third-order valence-corrected chi connectivity index (χ3v) is 2.46. The summed E-state index contributed by atoms with van der Waals surface area (Å²) in [5.74, 6) is 0.134. The molecule has 0 rings (SSSR count). The van der Waals surface area contributed by atoms with Crippen molar-refractivity contribution in [2.24, 2.45) is 5.92 Å². The second-order valence-corrected chi connectivity index (χ2v) is 6.32. The fourth-order valence-corrected chi connectivity index (χ4v) is 1.70. The van der Waals surface area contributed by atoms with E-state index < -0.39 is 11.7 Å². The highest BCUT2D eigenvalue weighted by atomic mass is 16.6. The van der Waals surface area contributed by atoms with Crippen LogP contribution < -0.4 is 10.6 Å². The lowest BCUT2D eigenvalue weighted by molar-refractivity contribution is -0.146. The van der Waals surface area contributed by atoms with Gasteiger partial charge in [0.25, 0.3) is 0 Å². The van der Waals surface area contributed by atoms with Crippen LogP contribution in [0, 0.1) is 5.92 Å². The maximum absolute atomic E-state index is 11.8. The van der Waals surface area contributed by atoms with Crippen molar-refractivity contribution in [2.45, 2.75) is 59.6 Å². The third-order valence-electron chi connectivity index (χ3n) is 2.46. The molecule has 21 heavy (non-hydrogen) atoms. The van der Waals surface area contributed by atoms with Crippen molar-refractivity contribution in [1.29, 1.82) is 0 Å². The zero-order chi connectivity index (χ0) is 16.5. The first-order valence-electron chi connectivity index (χ1n) is 7.52. The maximum Gasteiger partial charge on any atom is 0.407 e. The number of rotatable bonds is 8. The van der Waals surface area contributed by atoms with Gasteiger partial charge in [-0.1, -0.05) is 13.8 Å². The molecule has 124 valence electrons. The molecule has 0 aliphatic rings. The molecule has 0 aromatic carbocycles. The summed E-state index contributed by atoms with van der Waals surface area (Å²) in [6.07, 6.45) is 0.242. The van der Waals surface area contributed by atoms with E-state index in [9.17, 15) is 9.59 Å². The van der Waals surface area contributed by atoms with Gasteiger partial charge in [-0.15, -0.1) is 0 Å². The molecule has 0 fully saturated rings. The summed E-state index contributed by atoms with van der Waals surface area (Å²) < 4.78 is 10.2. The Morgan fingerprint density at radius 2 is 1.76 bits per heavy atom. The number of alkyl carbamates (subject to hydrolysis) is 1. The maximum atomic E-state index is 11.8. The Kier molecular flexibility index (Phi) is 9.01. The van der Waals surface area contributed by atoms with E-state index in [1.165, 1.54) is 0 Å². The molecule has 0 bridgehead atoms. The van der Waals surface area contributed by atoms with E-state index in [4.69, 9.17) is 9.47 Å². The van der Waals surface area contributed by atoms with Crippen LogP contribution in [0.15, 0.2) is 0 Å². The average Bonchev–Trinajstić information content (AvgIpc) is 2.30. The van der Waals surface area contributed by atoms with Gasteiger partial charge in [-0.05, 0) is 40.0 Å². The van der Waals surface area contributed by atoms with Crippen molar-refractivity contribution in [1.82, 2.24) is 10.6 Å². The molecule has 0 unspecified atom stereocenters. The first-order valence-corrected chi connectivity index (χ1v) is 7.52. The highest BCUT2D eigenvalue weighted by molar-refractivity contribution is 5.75. The largest absolute Gasteiger partial charge is 0.465 e. The Labute approximate surface area is 127 Å². The predicted molar refractivity (Wildman–Crippen MR) is 82.1 cm³/mol. The van der Waals surface area contributed by atoms with Crippen molar-refractivity contribution in [3.8, 4) is 0 Å². The lowest BCUT2D eigenvalue weighted by atomic mass is 10.0. The second-order valence-electron chi connectivity index (χ2n) is 6.32. The molecule has 0 aromatic heterocycles. The molecule has 0 saturated carbocycles. The summed E-state index contributed by atoms with van der Waals surface area (Å²) >= 11 is 0. The van der Waals surface area contributed by atoms with Gasteiger partial charge in [0.1, 0.15) is 11.6 Å². The van der Waals surface area contributed by atoms with E-state index in [-0.39, 0.29) is 12.0 Å². The highest BCUT2D eigenvalue weighted by Crippen LogP contribution is 2.07. The summed E-state index contributed by atoms with van der Waals surface area (Å²) in [6.45, 7) is 12.6. The number of amides is 1. The lowest BCUT2D eigenvalue weighted by Crippen LogP contribution is -2.43. The Morgan fingerprint density at radius 1 is 1.14 bits per heavy atom. The van der Waals surface area contributed by atoms with E-state index in [0.717, 1.165) is 0 Å². The van der Waals surface area contributed by atoms with Gasteiger partial charge in [-0.2, -0.15) is 0 Å². The van der Waals surface area contributed by atoms with Crippen LogP contribution in [0.1, 0.15) is 48.0 Å². The molecule has 6 nitrogen and oxygen atoms in total. The van der Waals surface area contributed by atoms with Crippen molar-refractivity contribution >= 4 is 12.1 Å². The number of nitrogens with one attached hydrogen (secondary N) is 2. The lowest BCUT2D eigenvalue weighted by Gasteiger charge is -2.21. The van der Waals surface area contributed by atoms with Crippen LogP contribution in [-0.2, 0) is 14.3 Å². The number of ether oxygens (including phenoxy) is 2. The number of hydrogen-bond donors (Lipinski definition) is 2. The van der Waals surface area contributed by atoms with Crippen molar-refractivity contribution < 1.29 is 19.1 Å². The summed E-state index contributed by atoms with van der Waals surface area (Å²) in [5.41, 5.74) is -0.511. The summed E-state index contributed by atoms with van der Waals surface area (Å²) in [4.78, 5) is 23.3. The number of carbonyl (C=O) groups excluding carboxylic acids is 2. The van der Waals surface area contributed by atoms with E-state index in [1.54, 1.807) is 6.92 Å². The van der Waals surface area contributed by atoms with E-state index in [0.29, 0.717) is 32.0 Å². The van der Waals surface area contributed by atoms with Gasteiger partial charge in [-0.3, -0.25) is 4.79 Å². The minimum Gasteiger partial charge on any atom is -0.465 e. The summed E-state index contributed by atoms with van der Waals surface area (Å²) in [7, 11) is 0. The molecule has 0 heterocycles. The minimum atomic E-state index is -0.511. The third kappa shape index (κ3) is 11.1. The van der Waals surface area contributed by atoms with Crippen LogP contribution in [0.3, 0.4) is 0 Å². The fourth-order valence-electron chi connectivity index (χ4n) is 1.70. The van der Waals surface area contributed by atoms with Crippen LogP contribution in [0.5, 0.6) is 0 Å². The number of carbonyl (C=O) groups is 2. The molecule has 1 atom stereocenters.